The number of benzene rings is 2. The molecule has 1 N–H and O–H groups in total. The van der Waals surface area contributed by atoms with Crippen LogP contribution in [0.15, 0.2) is 42.5 Å². The molecule has 0 spiro atoms. The van der Waals surface area contributed by atoms with Crippen LogP contribution in [0.25, 0.3) is 0 Å². The van der Waals surface area contributed by atoms with Gasteiger partial charge in [-0.2, -0.15) is 0 Å². The number of para-hydroxylation sites is 1. The molecule has 0 bridgehead atoms. The molecule has 30 heavy (non-hydrogen) atoms. The largest absolute Gasteiger partial charge is 0.490 e. The monoisotopic (exact) mass is 414 g/mol. The zero-order chi connectivity index (χ0) is 21.9. The van der Waals surface area contributed by atoms with E-state index in [4.69, 9.17) is 9.47 Å². The fourth-order valence-electron chi connectivity index (χ4n) is 3.17. The molecule has 0 unspecified atom stereocenters. The third kappa shape index (κ3) is 4.90. The van der Waals surface area contributed by atoms with Crippen molar-refractivity contribution in [2.24, 2.45) is 11.3 Å². The maximum atomic E-state index is 13.6. The standard InChI is InChI=1S/C23H27FN2O4/c1-15(2)12-26-18-10-9-16(11-20(18)30-14-23(3,4)22(26)28)25-21(27)13-29-19-8-6-5-7-17(19)24/h5-11,15H,12-14H2,1-4H3,(H,25,27). The van der Waals surface area contributed by atoms with Crippen molar-refractivity contribution in [2.45, 2.75) is 27.7 Å². The van der Waals surface area contributed by atoms with Gasteiger partial charge in [0.2, 0.25) is 5.91 Å². The van der Waals surface area contributed by atoms with E-state index in [1.54, 1.807) is 35.2 Å². The number of hydrogen-bond acceptors (Lipinski definition) is 4. The smallest absolute Gasteiger partial charge is 0.262 e. The molecular weight excluding hydrogens is 387 g/mol. The molecule has 2 aromatic carbocycles. The van der Waals surface area contributed by atoms with Crippen molar-refractivity contribution in [3.63, 3.8) is 0 Å². The normalized spacial score (nSPS) is 15.3. The van der Waals surface area contributed by atoms with Gasteiger partial charge in [-0.1, -0.05) is 26.0 Å². The molecule has 0 saturated heterocycles. The second-order valence-electron chi connectivity index (χ2n) is 8.43. The van der Waals surface area contributed by atoms with Crippen LogP contribution in [0.1, 0.15) is 27.7 Å². The predicted molar refractivity (Wildman–Crippen MR) is 113 cm³/mol. The maximum Gasteiger partial charge on any atom is 0.262 e. The molecule has 2 aromatic rings. The van der Waals surface area contributed by atoms with Crippen molar-refractivity contribution in [1.82, 2.24) is 0 Å². The third-order valence-electron chi connectivity index (χ3n) is 4.69. The topological polar surface area (TPSA) is 67.9 Å². The van der Waals surface area contributed by atoms with Crippen LogP contribution in [0.3, 0.4) is 0 Å². The lowest BCUT2D eigenvalue weighted by atomic mass is 9.92. The molecule has 160 valence electrons. The molecule has 1 heterocycles. The zero-order valence-corrected chi connectivity index (χ0v) is 17.7. The summed E-state index contributed by atoms with van der Waals surface area (Å²) >= 11 is 0. The number of fused-ring (bicyclic) bond motifs is 1. The summed E-state index contributed by atoms with van der Waals surface area (Å²) in [5.74, 6) is -0.121. The lowest BCUT2D eigenvalue weighted by Gasteiger charge is -2.29. The van der Waals surface area contributed by atoms with Gasteiger partial charge in [0.25, 0.3) is 5.91 Å². The van der Waals surface area contributed by atoms with Gasteiger partial charge >= 0.3 is 0 Å². The van der Waals surface area contributed by atoms with Crippen molar-refractivity contribution >= 4 is 23.2 Å². The molecule has 0 fully saturated rings. The van der Waals surface area contributed by atoms with E-state index in [1.807, 2.05) is 13.8 Å². The van der Waals surface area contributed by atoms with E-state index in [0.717, 1.165) is 0 Å². The van der Waals surface area contributed by atoms with Gasteiger partial charge in [-0.05, 0) is 44.0 Å². The Morgan fingerprint density at radius 3 is 2.70 bits per heavy atom. The second-order valence-corrected chi connectivity index (χ2v) is 8.43. The SMILES string of the molecule is CC(C)CN1C(=O)C(C)(C)COc2cc(NC(=O)COc3ccccc3F)ccc21. The highest BCUT2D eigenvalue weighted by Crippen LogP contribution is 2.38. The molecule has 7 heteroatoms. The number of halogens is 1. The number of amides is 2. The number of nitrogens with zero attached hydrogens (tertiary/aromatic N) is 1. The lowest BCUT2D eigenvalue weighted by Crippen LogP contribution is -2.43. The molecule has 0 saturated carbocycles. The van der Waals surface area contributed by atoms with Crippen LogP contribution >= 0.6 is 0 Å². The molecular formula is C23H27FN2O4. The highest BCUT2D eigenvalue weighted by molar-refractivity contribution is 6.00. The van der Waals surface area contributed by atoms with Crippen molar-refractivity contribution < 1.29 is 23.5 Å². The zero-order valence-electron chi connectivity index (χ0n) is 17.7. The van der Waals surface area contributed by atoms with Gasteiger partial charge in [0.05, 0.1) is 11.1 Å². The first-order valence-corrected chi connectivity index (χ1v) is 9.93. The Labute approximate surface area is 176 Å². The molecule has 3 rings (SSSR count). The minimum atomic E-state index is -0.662. The van der Waals surface area contributed by atoms with Gasteiger partial charge in [0.1, 0.15) is 12.4 Å². The Kier molecular flexibility index (Phi) is 6.29. The fraction of sp³-hybridized carbons (Fsp3) is 0.391. The van der Waals surface area contributed by atoms with Crippen LogP contribution < -0.4 is 19.7 Å². The van der Waals surface area contributed by atoms with Crippen LogP contribution in [0.4, 0.5) is 15.8 Å². The molecule has 1 aliphatic heterocycles. The maximum absolute atomic E-state index is 13.6. The van der Waals surface area contributed by atoms with Gasteiger partial charge in [0.15, 0.2) is 18.2 Å². The third-order valence-corrected chi connectivity index (χ3v) is 4.69. The van der Waals surface area contributed by atoms with Crippen LogP contribution in [-0.4, -0.2) is 31.6 Å². The Morgan fingerprint density at radius 1 is 1.27 bits per heavy atom. The number of ether oxygens (including phenoxy) is 2. The van der Waals surface area contributed by atoms with Crippen LogP contribution in [0, 0.1) is 17.2 Å². The number of carbonyl (C=O) groups excluding carboxylic acids is 2. The summed E-state index contributed by atoms with van der Waals surface area (Å²) in [6.45, 7) is 8.30. The summed E-state index contributed by atoms with van der Waals surface area (Å²) in [4.78, 5) is 27.0. The number of hydrogen-bond donors (Lipinski definition) is 1. The Bertz CT molecular complexity index is 943. The summed E-state index contributed by atoms with van der Waals surface area (Å²) < 4.78 is 24.8. The lowest BCUT2D eigenvalue weighted by molar-refractivity contribution is -0.127. The van der Waals surface area contributed by atoms with Gasteiger partial charge in [-0.15, -0.1) is 0 Å². The first-order chi connectivity index (χ1) is 14.2. The number of rotatable bonds is 6. The molecule has 0 aliphatic carbocycles. The summed E-state index contributed by atoms with van der Waals surface area (Å²) in [5.41, 5.74) is 0.526. The van der Waals surface area contributed by atoms with Crippen molar-refractivity contribution in [3.8, 4) is 11.5 Å². The van der Waals surface area contributed by atoms with Gasteiger partial charge in [-0.3, -0.25) is 9.59 Å². The van der Waals surface area contributed by atoms with E-state index in [9.17, 15) is 14.0 Å². The molecule has 0 atom stereocenters. The number of nitrogens with one attached hydrogen (secondary N) is 1. The van der Waals surface area contributed by atoms with Crippen molar-refractivity contribution in [3.05, 3.63) is 48.3 Å². The van der Waals surface area contributed by atoms with E-state index < -0.39 is 17.1 Å². The fourth-order valence-corrected chi connectivity index (χ4v) is 3.17. The van der Waals surface area contributed by atoms with Gasteiger partial charge in [0, 0.05) is 18.3 Å². The van der Waals surface area contributed by atoms with Gasteiger partial charge < -0.3 is 19.7 Å². The number of anilines is 2. The summed E-state index contributed by atoms with van der Waals surface area (Å²) in [6.07, 6.45) is 0. The average Bonchev–Trinajstić information content (AvgIpc) is 2.77. The predicted octanol–water partition coefficient (Wildman–Crippen LogP) is 4.25. The number of carbonyl (C=O) groups is 2. The summed E-state index contributed by atoms with van der Waals surface area (Å²) in [7, 11) is 0. The first kappa shape index (κ1) is 21.6. The summed E-state index contributed by atoms with van der Waals surface area (Å²) in [5, 5.41) is 2.72. The Hall–Kier alpha value is -3.09. The average molecular weight is 414 g/mol. The summed E-state index contributed by atoms with van der Waals surface area (Å²) in [6, 6.07) is 11.1. The highest BCUT2D eigenvalue weighted by Gasteiger charge is 2.38. The van der Waals surface area contributed by atoms with E-state index >= 15 is 0 Å². The van der Waals surface area contributed by atoms with E-state index in [-0.39, 0.29) is 30.8 Å². The molecule has 1 aliphatic rings. The molecule has 0 radical (unpaired) electrons. The molecule has 0 aromatic heterocycles. The van der Waals surface area contributed by atoms with E-state index in [1.165, 1.54) is 12.1 Å². The first-order valence-electron chi connectivity index (χ1n) is 9.93. The Morgan fingerprint density at radius 2 is 2.00 bits per heavy atom. The van der Waals surface area contributed by atoms with Crippen LogP contribution in [0.2, 0.25) is 0 Å². The quantitative estimate of drug-likeness (QED) is 0.767. The molecule has 6 nitrogen and oxygen atoms in total. The van der Waals surface area contributed by atoms with Gasteiger partial charge in [-0.25, -0.2) is 4.39 Å². The van der Waals surface area contributed by atoms with Crippen LogP contribution in [-0.2, 0) is 9.59 Å². The van der Waals surface area contributed by atoms with E-state index in [2.05, 4.69) is 19.2 Å². The minimum absolute atomic E-state index is 0.00465. The highest BCUT2D eigenvalue weighted by atomic mass is 19.1. The molecule has 2 amide bonds. The van der Waals surface area contributed by atoms with Crippen molar-refractivity contribution in [2.75, 3.05) is 30.0 Å². The van der Waals surface area contributed by atoms with Crippen molar-refractivity contribution in [1.29, 1.82) is 0 Å². The Balaban J connectivity index is 1.75. The minimum Gasteiger partial charge on any atom is -0.490 e. The van der Waals surface area contributed by atoms with E-state index in [0.29, 0.717) is 23.7 Å². The van der Waals surface area contributed by atoms with Crippen LogP contribution in [0.5, 0.6) is 11.5 Å². The second kappa shape index (κ2) is 8.73.